The van der Waals surface area contributed by atoms with Gasteiger partial charge in [0.2, 0.25) is 5.95 Å². The summed E-state index contributed by atoms with van der Waals surface area (Å²) >= 11 is 0. The zero-order valence-corrected chi connectivity index (χ0v) is 34.0. The lowest BCUT2D eigenvalue weighted by atomic mass is 9.91. The number of aromatic amines is 1. The SMILES string of the molecule is Cc1cc(-n2c(NCCc3ccc4c(cnn4C)c3)nc3c(c2=O)CCN(C(=O)c2cc4cc(C5CCOCC5)ccc4n2[C@]2(c4noc(=O)[nH]4)C[C@@H]2C)C3)cc(C)c1F. The number of fused-ring (bicyclic) bond motifs is 3. The Hall–Kier alpha value is -6.35. The summed E-state index contributed by atoms with van der Waals surface area (Å²) < 4.78 is 30.9. The van der Waals surface area contributed by atoms with Gasteiger partial charge < -0.3 is 19.5 Å². The molecule has 2 atom stereocenters. The molecule has 3 aromatic carbocycles. The number of nitrogens with one attached hydrogen (secondary N) is 2. The number of H-pyrrole nitrogens is 1. The van der Waals surface area contributed by atoms with Crippen LogP contribution >= 0.6 is 0 Å². The van der Waals surface area contributed by atoms with Crippen molar-refractivity contribution in [2.45, 2.75) is 70.9 Å². The fourth-order valence-electron chi connectivity index (χ4n) is 9.60. The first kappa shape index (κ1) is 37.9. The lowest BCUT2D eigenvalue weighted by Crippen LogP contribution is -2.42. The molecule has 308 valence electrons. The fourth-order valence-corrected chi connectivity index (χ4v) is 9.60. The first-order chi connectivity index (χ1) is 29.0. The number of carbonyl (C=O) groups is 1. The van der Waals surface area contributed by atoms with Crippen LogP contribution in [0.15, 0.2) is 74.9 Å². The van der Waals surface area contributed by atoms with Crippen LogP contribution in [-0.4, -0.2) is 71.1 Å². The molecule has 1 saturated carbocycles. The van der Waals surface area contributed by atoms with Crippen LogP contribution in [0.5, 0.6) is 0 Å². The van der Waals surface area contributed by atoms with Crippen LogP contribution in [0.25, 0.3) is 27.5 Å². The van der Waals surface area contributed by atoms with E-state index in [0.29, 0.717) is 84.1 Å². The van der Waals surface area contributed by atoms with Crippen molar-refractivity contribution in [2.75, 3.05) is 31.6 Å². The number of rotatable bonds is 9. The summed E-state index contributed by atoms with van der Waals surface area (Å²) in [5.74, 6) is -0.0765. The maximum absolute atomic E-state index is 15.0. The number of benzene rings is 3. The van der Waals surface area contributed by atoms with Gasteiger partial charge in [-0.3, -0.25) is 23.8 Å². The lowest BCUT2D eigenvalue weighted by molar-refractivity contribution is 0.0717. The van der Waals surface area contributed by atoms with Gasteiger partial charge in [-0.1, -0.05) is 24.2 Å². The molecule has 0 unspecified atom stereocenters. The van der Waals surface area contributed by atoms with Crippen molar-refractivity contribution in [3.05, 3.63) is 133 Å². The van der Waals surface area contributed by atoms with Gasteiger partial charge in [0.15, 0.2) is 5.82 Å². The number of aromatic nitrogens is 7. The van der Waals surface area contributed by atoms with Gasteiger partial charge in [0.1, 0.15) is 17.1 Å². The van der Waals surface area contributed by atoms with E-state index in [-0.39, 0.29) is 42.7 Å². The quantitative estimate of drug-likeness (QED) is 0.178. The highest BCUT2D eigenvalue weighted by Crippen LogP contribution is 2.56. The van der Waals surface area contributed by atoms with Crippen molar-refractivity contribution in [3.63, 3.8) is 0 Å². The minimum Gasteiger partial charge on any atom is -0.381 e. The van der Waals surface area contributed by atoms with Gasteiger partial charge in [0.25, 0.3) is 11.5 Å². The molecule has 0 radical (unpaired) electrons. The highest BCUT2D eigenvalue weighted by atomic mass is 19.1. The molecule has 0 bridgehead atoms. The van der Waals surface area contributed by atoms with E-state index in [1.807, 2.05) is 34.6 Å². The van der Waals surface area contributed by atoms with Crippen molar-refractivity contribution < 1.29 is 18.4 Å². The van der Waals surface area contributed by atoms with Crippen LogP contribution < -0.4 is 16.6 Å². The van der Waals surface area contributed by atoms with Crippen LogP contribution in [0, 0.1) is 25.6 Å². The lowest BCUT2D eigenvalue weighted by Gasteiger charge is -2.30. The molecule has 10 rings (SSSR count). The molecular weight excluding hydrogens is 766 g/mol. The van der Waals surface area contributed by atoms with Crippen LogP contribution in [0.3, 0.4) is 0 Å². The van der Waals surface area contributed by atoms with E-state index in [9.17, 15) is 18.8 Å². The first-order valence-electron chi connectivity index (χ1n) is 20.7. The second kappa shape index (κ2) is 14.4. The predicted octanol–water partition coefficient (Wildman–Crippen LogP) is 6.04. The fraction of sp³-hybridized carbons (Fsp3) is 0.378. The Morgan fingerprint density at radius 1 is 1.02 bits per heavy atom. The van der Waals surface area contributed by atoms with Crippen molar-refractivity contribution >= 4 is 33.7 Å². The normalized spacial score (nSPS) is 19.3. The van der Waals surface area contributed by atoms with Gasteiger partial charge in [-0.05, 0) is 123 Å². The molecule has 2 aliphatic heterocycles. The third-order valence-electron chi connectivity index (χ3n) is 13.0. The molecule has 7 aromatic rings. The second-order valence-corrected chi connectivity index (χ2v) is 16.8. The Kier molecular flexibility index (Phi) is 9.11. The zero-order chi connectivity index (χ0) is 41.4. The van der Waals surface area contributed by atoms with Gasteiger partial charge in [-0.2, -0.15) is 5.10 Å². The average Bonchev–Trinajstić information content (AvgIpc) is 3.56. The molecule has 4 aromatic heterocycles. The van der Waals surface area contributed by atoms with E-state index in [4.69, 9.17) is 14.2 Å². The monoisotopic (exact) mass is 811 g/mol. The summed E-state index contributed by atoms with van der Waals surface area (Å²) in [4.78, 5) is 51.4. The standard InChI is InChI=1S/C45H46FN9O5/c1-25-17-33(18-26(2)39(25)46)54-40(56)34-10-14-53(24-35(34)49-43(54)47-13-9-28-5-7-36-32(19-28)23-48-52(36)4)41(57)38-21-31-20-30(29-11-15-59-16-12-29)6-8-37(31)55(38)45(22-27(45)3)42-50-44(58)60-51-42/h5-8,17-21,23,27,29H,9-16,22,24H2,1-4H3,(H,47,49)(H,50,51,58)/t27-,45+/m0/s1. The van der Waals surface area contributed by atoms with Crippen molar-refractivity contribution in [1.29, 1.82) is 0 Å². The smallest absolute Gasteiger partial charge is 0.381 e. The summed E-state index contributed by atoms with van der Waals surface area (Å²) in [6, 6.07) is 17.9. The summed E-state index contributed by atoms with van der Waals surface area (Å²) in [5, 5.41) is 13.9. The molecule has 14 nitrogen and oxygen atoms in total. The van der Waals surface area contributed by atoms with E-state index in [0.717, 1.165) is 40.2 Å². The van der Waals surface area contributed by atoms with E-state index in [2.05, 4.69) is 57.8 Å². The summed E-state index contributed by atoms with van der Waals surface area (Å²) in [7, 11) is 1.91. The van der Waals surface area contributed by atoms with E-state index < -0.39 is 11.3 Å². The molecule has 1 aliphatic carbocycles. The van der Waals surface area contributed by atoms with E-state index >= 15 is 0 Å². The number of nitrogens with zero attached hydrogens (tertiary/aromatic N) is 7. The molecule has 1 amide bonds. The Morgan fingerprint density at radius 2 is 1.78 bits per heavy atom. The average molecular weight is 812 g/mol. The Bertz CT molecular complexity index is 2950. The van der Waals surface area contributed by atoms with Crippen LogP contribution in [0.4, 0.5) is 10.3 Å². The second-order valence-electron chi connectivity index (χ2n) is 16.8. The van der Waals surface area contributed by atoms with Gasteiger partial charge in [0.05, 0.1) is 29.6 Å². The molecule has 6 heterocycles. The third-order valence-corrected chi connectivity index (χ3v) is 13.0. The van der Waals surface area contributed by atoms with Gasteiger partial charge in [-0.25, -0.2) is 18.7 Å². The molecule has 60 heavy (non-hydrogen) atoms. The number of aryl methyl sites for hydroxylation is 3. The number of hydrogen-bond acceptors (Lipinski definition) is 9. The Morgan fingerprint density at radius 3 is 2.52 bits per heavy atom. The highest BCUT2D eigenvalue weighted by molar-refractivity contribution is 5.99. The maximum atomic E-state index is 15.0. The zero-order valence-electron chi connectivity index (χ0n) is 34.0. The molecule has 2 N–H and O–H groups in total. The van der Waals surface area contributed by atoms with Gasteiger partial charge in [0, 0.05) is 55.2 Å². The van der Waals surface area contributed by atoms with E-state index in [1.54, 1.807) is 30.9 Å². The number of carbonyl (C=O) groups excluding carboxylic acids is 1. The van der Waals surface area contributed by atoms with Crippen LogP contribution in [-0.2, 0) is 36.7 Å². The molecule has 3 aliphatic rings. The van der Waals surface area contributed by atoms with Gasteiger partial charge in [-0.15, -0.1) is 0 Å². The number of hydrogen-bond donors (Lipinski definition) is 2. The number of halogens is 1. The molecule has 1 saturated heterocycles. The number of amides is 1. The van der Waals surface area contributed by atoms with E-state index in [1.165, 1.54) is 10.1 Å². The maximum Gasteiger partial charge on any atom is 0.438 e. The number of ether oxygens (including phenoxy) is 1. The van der Waals surface area contributed by atoms with Crippen LogP contribution in [0.2, 0.25) is 0 Å². The Labute approximate surface area is 344 Å². The number of anilines is 1. The third kappa shape index (κ3) is 6.25. The predicted molar refractivity (Wildman–Crippen MR) is 223 cm³/mol. The van der Waals surface area contributed by atoms with Crippen molar-refractivity contribution in [2.24, 2.45) is 13.0 Å². The summed E-state index contributed by atoms with van der Waals surface area (Å²) in [6.45, 7) is 7.72. The first-order valence-corrected chi connectivity index (χ1v) is 20.7. The summed E-state index contributed by atoms with van der Waals surface area (Å²) in [5.41, 5.74) is 5.99. The molecule has 2 fully saturated rings. The van der Waals surface area contributed by atoms with Gasteiger partial charge >= 0.3 is 5.76 Å². The highest BCUT2D eigenvalue weighted by Gasteiger charge is 2.59. The summed E-state index contributed by atoms with van der Waals surface area (Å²) in [6.07, 6.45) is 5.27. The molecular formula is C45H46FN9O5. The largest absolute Gasteiger partial charge is 0.438 e. The van der Waals surface area contributed by atoms with Crippen molar-refractivity contribution in [3.8, 4) is 5.69 Å². The minimum absolute atomic E-state index is 0.0522. The van der Waals surface area contributed by atoms with Crippen molar-refractivity contribution in [1.82, 2.24) is 38.9 Å². The minimum atomic E-state index is -0.789. The topological polar surface area (TPSA) is 158 Å². The Balaban J connectivity index is 1.02. The van der Waals surface area contributed by atoms with Crippen LogP contribution in [0.1, 0.15) is 81.9 Å². The molecule has 0 spiro atoms. The molecule has 15 heteroatoms.